The Kier molecular flexibility index (Phi) is 6.68. The molecule has 0 fully saturated rings. The van der Waals surface area contributed by atoms with Gasteiger partial charge >= 0.3 is 0 Å². The highest BCUT2D eigenvalue weighted by Crippen LogP contribution is 2.35. The van der Waals surface area contributed by atoms with Gasteiger partial charge in [-0.2, -0.15) is 0 Å². The summed E-state index contributed by atoms with van der Waals surface area (Å²) >= 11 is 12.9. The van der Waals surface area contributed by atoms with Crippen molar-refractivity contribution in [1.29, 1.82) is 0 Å². The number of halogens is 2. The Balaban J connectivity index is 1.88. The number of aryl methyl sites for hydroxylation is 1. The molecule has 0 radical (unpaired) electrons. The lowest BCUT2D eigenvalue weighted by molar-refractivity contribution is -0.122. The van der Waals surface area contributed by atoms with Crippen LogP contribution in [0, 0.1) is 6.92 Å². The lowest BCUT2D eigenvalue weighted by atomic mass is 9.95. The molecule has 0 spiro atoms. The Morgan fingerprint density at radius 2 is 1.72 bits per heavy atom. The van der Waals surface area contributed by atoms with Crippen LogP contribution in [-0.2, 0) is 11.2 Å². The monoisotopic (exact) mass is 429 g/mol. The van der Waals surface area contributed by atoms with Crippen molar-refractivity contribution in [3.05, 3.63) is 81.3 Å². The van der Waals surface area contributed by atoms with E-state index in [1.54, 1.807) is 18.2 Å². The summed E-state index contributed by atoms with van der Waals surface area (Å²) in [6.45, 7) is 1.90. The first kappa shape index (κ1) is 21.0. The van der Waals surface area contributed by atoms with E-state index < -0.39 is 0 Å². The number of amides is 1. The molecule has 0 saturated heterocycles. The van der Waals surface area contributed by atoms with E-state index in [4.69, 9.17) is 27.9 Å². The van der Waals surface area contributed by atoms with Gasteiger partial charge in [-0.05, 0) is 53.4 Å². The zero-order valence-electron chi connectivity index (χ0n) is 16.1. The highest BCUT2D eigenvalue weighted by atomic mass is 35.5. The standard InChI is InChI=1S/C23H21Cl2NO3/c1-14-5-3-4-6-17(14)18-9-15(7-8-22(18)27)10-19-20(24)11-16(12-21(19)25)29-13-23(28)26-2/h3-9,11-12,27H,10,13H2,1-2H3,(H,26,28). The van der Waals surface area contributed by atoms with Gasteiger partial charge in [0.25, 0.3) is 5.91 Å². The zero-order chi connectivity index (χ0) is 21.0. The summed E-state index contributed by atoms with van der Waals surface area (Å²) in [6.07, 6.45) is 0.493. The van der Waals surface area contributed by atoms with Gasteiger partial charge in [-0.3, -0.25) is 4.79 Å². The molecule has 0 atom stereocenters. The predicted molar refractivity (Wildman–Crippen MR) is 117 cm³/mol. The van der Waals surface area contributed by atoms with Crippen molar-refractivity contribution in [2.45, 2.75) is 13.3 Å². The van der Waals surface area contributed by atoms with Crippen LogP contribution in [0.5, 0.6) is 11.5 Å². The second-order valence-electron chi connectivity index (χ2n) is 6.67. The molecule has 0 bridgehead atoms. The Morgan fingerprint density at radius 3 is 2.38 bits per heavy atom. The molecule has 3 aromatic carbocycles. The molecule has 29 heavy (non-hydrogen) atoms. The van der Waals surface area contributed by atoms with Gasteiger partial charge in [0.2, 0.25) is 0 Å². The smallest absolute Gasteiger partial charge is 0.257 e. The lowest BCUT2D eigenvalue weighted by Crippen LogP contribution is -2.24. The van der Waals surface area contributed by atoms with E-state index in [1.165, 1.54) is 7.05 Å². The first-order valence-electron chi connectivity index (χ1n) is 9.08. The van der Waals surface area contributed by atoms with Gasteiger partial charge in [0.15, 0.2) is 6.61 Å². The first-order chi connectivity index (χ1) is 13.9. The van der Waals surface area contributed by atoms with Crippen molar-refractivity contribution in [1.82, 2.24) is 5.32 Å². The molecule has 0 heterocycles. The molecular formula is C23H21Cl2NO3. The largest absolute Gasteiger partial charge is 0.507 e. The van der Waals surface area contributed by atoms with E-state index >= 15 is 0 Å². The summed E-state index contributed by atoms with van der Waals surface area (Å²) < 4.78 is 5.42. The van der Waals surface area contributed by atoms with Gasteiger partial charge in [0.05, 0.1) is 0 Å². The van der Waals surface area contributed by atoms with Crippen molar-refractivity contribution < 1.29 is 14.6 Å². The topological polar surface area (TPSA) is 58.6 Å². The van der Waals surface area contributed by atoms with E-state index in [2.05, 4.69) is 5.32 Å². The molecule has 4 nitrogen and oxygen atoms in total. The van der Waals surface area contributed by atoms with Gasteiger partial charge in [-0.15, -0.1) is 0 Å². The number of benzene rings is 3. The molecule has 2 N–H and O–H groups in total. The van der Waals surface area contributed by atoms with Gasteiger partial charge in [-0.25, -0.2) is 0 Å². The van der Waals surface area contributed by atoms with Crippen LogP contribution in [0.1, 0.15) is 16.7 Å². The Bertz CT molecular complexity index is 1030. The minimum absolute atomic E-state index is 0.111. The molecule has 0 aliphatic rings. The maximum absolute atomic E-state index is 11.3. The summed E-state index contributed by atoms with van der Waals surface area (Å²) in [5.41, 5.74) is 4.53. The lowest BCUT2D eigenvalue weighted by Gasteiger charge is -2.13. The Labute approximate surface area is 180 Å². The van der Waals surface area contributed by atoms with Crippen molar-refractivity contribution in [3.8, 4) is 22.6 Å². The number of ether oxygens (including phenoxy) is 1. The zero-order valence-corrected chi connectivity index (χ0v) is 17.6. The van der Waals surface area contributed by atoms with Gasteiger partial charge < -0.3 is 15.2 Å². The molecule has 1 amide bonds. The highest BCUT2D eigenvalue weighted by Gasteiger charge is 2.13. The number of likely N-dealkylation sites (N-methyl/N-ethyl adjacent to an activating group) is 1. The van der Waals surface area contributed by atoms with Crippen LogP contribution in [0.2, 0.25) is 10.0 Å². The van der Waals surface area contributed by atoms with Crippen molar-refractivity contribution in [2.75, 3.05) is 13.7 Å². The fraction of sp³-hybridized carbons (Fsp3) is 0.174. The average molecular weight is 430 g/mol. The van der Waals surface area contributed by atoms with Crippen LogP contribution in [0.15, 0.2) is 54.6 Å². The van der Waals surface area contributed by atoms with E-state index in [-0.39, 0.29) is 18.3 Å². The third kappa shape index (κ3) is 5.03. The SMILES string of the molecule is CNC(=O)COc1cc(Cl)c(Cc2ccc(O)c(-c3ccccc3C)c2)c(Cl)c1. The molecule has 0 aliphatic carbocycles. The van der Waals surface area contributed by atoms with E-state index in [0.717, 1.165) is 27.8 Å². The van der Waals surface area contributed by atoms with E-state index in [9.17, 15) is 9.90 Å². The maximum Gasteiger partial charge on any atom is 0.257 e. The van der Waals surface area contributed by atoms with Crippen LogP contribution in [0.25, 0.3) is 11.1 Å². The minimum atomic E-state index is -0.242. The summed E-state index contributed by atoms with van der Waals surface area (Å²) in [4.78, 5) is 11.3. The first-order valence-corrected chi connectivity index (χ1v) is 9.84. The predicted octanol–water partition coefficient (Wildman–Crippen LogP) is 5.39. The summed E-state index contributed by atoms with van der Waals surface area (Å²) in [6, 6.07) is 16.7. The highest BCUT2D eigenvalue weighted by molar-refractivity contribution is 6.36. The average Bonchev–Trinajstić information content (AvgIpc) is 2.70. The van der Waals surface area contributed by atoms with Crippen molar-refractivity contribution in [3.63, 3.8) is 0 Å². The van der Waals surface area contributed by atoms with E-state index in [0.29, 0.717) is 22.2 Å². The number of phenols is 1. The Hall–Kier alpha value is -2.69. The third-order valence-corrected chi connectivity index (χ3v) is 5.31. The molecule has 6 heteroatoms. The van der Waals surface area contributed by atoms with Crippen LogP contribution < -0.4 is 10.1 Å². The second kappa shape index (κ2) is 9.21. The molecule has 0 saturated carbocycles. The number of rotatable bonds is 6. The molecule has 150 valence electrons. The summed E-state index contributed by atoms with van der Waals surface area (Å²) in [5, 5.41) is 13.7. The summed E-state index contributed by atoms with van der Waals surface area (Å²) in [5.74, 6) is 0.408. The molecule has 3 aromatic rings. The maximum atomic E-state index is 11.3. The van der Waals surface area contributed by atoms with Gasteiger partial charge in [0.1, 0.15) is 11.5 Å². The fourth-order valence-electron chi connectivity index (χ4n) is 3.04. The van der Waals surface area contributed by atoms with Gasteiger partial charge in [0, 0.05) is 29.1 Å². The molecular weight excluding hydrogens is 409 g/mol. The van der Waals surface area contributed by atoms with Crippen LogP contribution in [-0.4, -0.2) is 24.7 Å². The number of hydrogen-bond donors (Lipinski definition) is 2. The van der Waals surface area contributed by atoms with Crippen molar-refractivity contribution in [2.24, 2.45) is 0 Å². The number of phenolic OH excluding ortho intramolecular Hbond substituents is 1. The minimum Gasteiger partial charge on any atom is -0.507 e. The van der Waals surface area contributed by atoms with Crippen LogP contribution >= 0.6 is 23.2 Å². The van der Waals surface area contributed by atoms with Crippen molar-refractivity contribution >= 4 is 29.1 Å². The quantitative estimate of drug-likeness (QED) is 0.551. The molecule has 0 unspecified atom stereocenters. The normalized spacial score (nSPS) is 10.6. The number of nitrogens with one attached hydrogen (secondary N) is 1. The number of hydrogen-bond acceptors (Lipinski definition) is 3. The number of aromatic hydroxyl groups is 1. The molecule has 0 aromatic heterocycles. The fourth-order valence-corrected chi connectivity index (χ4v) is 3.64. The van der Waals surface area contributed by atoms with Crippen LogP contribution in [0.4, 0.5) is 0 Å². The van der Waals surface area contributed by atoms with E-state index in [1.807, 2.05) is 43.3 Å². The number of carbonyl (C=O) groups excluding carboxylic acids is 1. The Morgan fingerprint density at radius 1 is 1.03 bits per heavy atom. The summed E-state index contributed by atoms with van der Waals surface area (Å²) in [7, 11) is 1.54. The van der Waals surface area contributed by atoms with Gasteiger partial charge in [-0.1, -0.05) is 53.5 Å². The third-order valence-electron chi connectivity index (χ3n) is 4.64. The molecule has 3 rings (SSSR count). The number of carbonyl (C=O) groups is 1. The second-order valence-corrected chi connectivity index (χ2v) is 7.48. The molecule has 0 aliphatic heterocycles. The van der Waals surface area contributed by atoms with Crippen LogP contribution in [0.3, 0.4) is 0 Å².